The van der Waals surface area contributed by atoms with Gasteiger partial charge in [-0.15, -0.1) is 0 Å². The van der Waals surface area contributed by atoms with Crippen molar-refractivity contribution in [2.45, 2.75) is 6.42 Å². The third-order valence-electron chi connectivity index (χ3n) is 9.17. The molecule has 1 unspecified atom stereocenters. The predicted molar refractivity (Wildman–Crippen MR) is 181 cm³/mol. The molecule has 0 aliphatic heterocycles. The average Bonchev–Trinajstić information content (AvgIpc) is 3.43. The molecule has 1 aromatic heterocycles. The summed E-state index contributed by atoms with van der Waals surface area (Å²) < 4.78 is 6.46. The molecule has 2 aliphatic carbocycles. The SMILES string of the molecule is C1=CC2=Cc3c(oc4ccc(-c5c6ccccc6c(-c6ccccc6)c6ccc(-c7ccccc7)cc56)cc34)CC2C=C1. The van der Waals surface area contributed by atoms with Crippen molar-refractivity contribution in [2.75, 3.05) is 0 Å². The highest BCUT2D eigenvalue weighted by atomic mass is 16.3. The Morgan fingerprint density at radius 2 is 1.16 bits per heavy atom. The molecule has 1 nitrogen and oxygen atoms in total. The fourth-order valence-electron chi connectivity index (χ4n) is 7.16. The van der Waals surface area contributed by atoms with Gasteiger partial charge in [-0.25, -0.2) is 0 Å². The molecule has 7 aromatic rings. The van der Waals surface area contributed by atoms with E-state index < -0.39 is 0 Å². The molecule has 1 heterocycles. The van der Waals surface area contributed by atoms with Gasteiger partial charge in [0, 0.05) is 23.3 Å². The number of fused-ring (bicyclic) bond motifs is 6. The van der Waals surface area contributed by atoms with E-state index in [1.807, 2.05) is 0 Å². The van der Waals surface area contributed by atoms with Crippen LogP contribution in [-0.4, -0.2) is 0 Å². The third-order valence-corrected chi connectivity index (χ3v) is 9.17. The summed E-state index contributed by atoms with van der Waals surface area (Å²) in [7, 11) is 0. The molecule has 43 heavy (non-hydrogen) atoms. The van der Waals surface area contributed by atoms with Crippen LogP contribution in [0.1, 0.15) is 11.3 Å². The molecule has 0 radical (unpaired) electrons. The fraction of sp³-hybridized carbons (Fsp3) is 0.0476. The lowest BCUT2D eigenvalue weighted by Gasteiger charge is -2.20. The van der Waals surface area contributed by atoms with Crippen LogP contribution in [0.3, 0.4) is 0 Å². The summed E-state index contributed by atoms with van der Waals surface area (Å²) >= 11 is 0. The van der Waals surface area contributed by atoms with E-state index in [1.165, 1.54) is 71.4 Å². The van der Waals surface area contributed by atoms with Gasteiger partial charge in [-0.3, -0.25) is 0 Å². The number of allylic oxidation sites excluding steroid dienone is 5. The van der Waals surface area contributed by atoms with Crippen molar-refractivity contribution in [3.8, 4) is 33.4 Å². The van der Waals surface area contributed by atoms with Gasteiger partial charge in [0.1, 0.15) is 11.3 Å². The molecule has 202 valence electrons. The van der Waals surface area contributed by atoms with E-state index in [0.29, 0.717) is 5.92 Å². The molecule has 0 N–H and O–H groups in total. The number of benzene rings is 6. The van der Waals surface area contributed by atoms with Gasteiger partial charge in [-0.1, -0.05) is 127 Å². The van der Waals surface area contributed by atoms with Crippen molar-refractivity contribution in [2.24, 2.45) is 5.92 Å². The number of hydrogen-bond acceptors (Lipinski definition) is 1. The van der Waals surface area contributed by atoms with Crippen LogP contribution in [0.4, 0.5) is 0 Å². The van der Waals surface area contributed by atoms with Gasteiger partial charge in [0.25, 0.3) is 0 Å². The molecular formula is C42H28O. The first-order chi connectivity index (χ1) is 21.3. The Hall–Kier alpha value is -5.40. The van der Waals surface area contributed by atoms with Crippen LogP contribution in [0, 0.1) is 5.92 Å². The summed E-state index contributed by atoms with van der Waals surface area (Å²) in [6.07, 6.45) is 12.0. The van der Waals surface area contributed by atoms with Crippen molar-refractivity contribution in [1.29, 1.82) is 0 Å². The second-order valence-electron chi connectivity index (χ2n) is 11.6. The maximum atomic E-state index is 6.46. The van der Waals surface area contributed by atoms with Gasteiger partial charge in [0.05, 0.1) is 0 Å². The van der Waals surface area contributed by atoms with Crippen LogP contribution in [-0.2, 0) is 6.42 Å². The van der Waals surface area contributed by atoms with Crippen LogP contribution in [0.5, 0.6) is 0 Å². The lowest BCUT2D eigenvalue weighted by atomic mass is 9.83. The second-order valence-corrected chi connectivity index (χ2v) is 11.6. The molecule has 1 atom stereocenters. The molecule has 0 saturated heterocycles. The van der Waals surface area contributed by atoms with E-state index in [4.69, 9.17) is 4.42 Å². The van der Waals surface area contributed by atoms with E-state index in [2.05, 4.69) is 152 Å². The zero-order valence-electron chi connectivity index (χ0n) is 23.6. The van der Waals surface area contributed by atoms with Gasteiger partial charge < -0.3 is 4.42 Å². The van der Waals surface area contributed by atoms with E-state index in [0.717, 1.165) is 17.8 Å². The zero-order valence-corrected chi connectivity index (χ0v) is 23.6. The summed E-state index contributed by atoms with van der Waals surface area (Å²) in [5, 5.41) is 6.23. The monoisotopic (exact) mass is 548 g/mol. The number of rotatable bonds is 3. The van der Waals surface area contributed by atoms with Crippen LogP contribution in [0.25, 0.3) is 72.0 Å². The minimum absolute atomic E-state index is 0.396. The Labute approximate surface area is 250 Å². The second kappa shape index (κ2) is 9.58. The Kier molecular flexibility index (Phi) is 5.39. The van der Waals surface area contributed by atoms with E-state index in [1.54, 1.807) is 0 Å². The van der Waals surface area contributed by atoms with Crippen molar-refractivity contribution < 1.29 is 4.42 Å². The Morgan fingerprint density at radius 1 is 0.512 bits per heavy atom. The van der Waals surface area contributed by atoms with Gasteiger partial charge in [-0.05, 0) is 84.8 Å². The van der Waals surface area contributed by atoms with E-state index >= 15 is 0 Å². The Balaban J connectivity index is 1.36. The third kappa shape index (κ3) is 3.86. The molecular weight excluding hydrogens is 520 g/mol. The van der Waals surface area contributed by atoms with Gasteiger partial charge in [0.2, 0.25) is 0 Å². The van der Waals surface area contributed by atoms with Crippen LogP contribution >= 0.6 is 0 Å². The molecule has 0 saturated carbocycles. The smallest absolute Gasteiger partial charge is 0.134 e. The predicted octanol–water partition coefficient (Wildman–Crippen LogP) is 11.4. The fourth-order valence-corrected chi connectivity index (χ4v) is 7.16. The summed E-state index contributed by atoms with van der Waals surface area (Å²) in [6.45, 7) is 0. The highest BCUT2D eigenvalue weighted by Gasteiger charge is 2.25. The zero-order chi connectivity index (χ0) is 28.3. The Morgan fingerprint density at radius 3 is 1.95 bits per heavy atom. The lowest BCUT2D eigenvalue weighted by Crippen LogP contribution is -2.09. The largest absolute Gasteiger partial charge is 0.460 e. The Bertz CT molecular complexity index is 2300. The molecule has 6 aromatic carbocycles. The quantitative estimate of drug-likeness (QED) is 0.200. The molecule has 0 fully saturated rings. The first kappa shape index (κ1) is 24.2. The summed E-state index contributed by atoms with van der Waals surface area (Å²) in [5.74, 6) is 1.48. The average molecular weight is 549 g/mol. The summed E-state index contributed by atoms with van der Waals surface area (Å²) in [4.78, 5) is 0. The van der Waals surface area contributed by atoms with Gasteiger partial charge in [-0.2, -0.15) is 0 Å². The van der Waals surface area contributed by atoms with Crippen molar-refractivity contribution >= 4 is 38.6 Å². The minimum Gasteiger partial charge on any atom is -0.460 e. The van der Waals surface area contributed by atoms with E-state index in [-0.39, 0.29) is 0 Å². The van der Waals surface area contributed by atoms with E-state index in [9.17, 15) is 0 Å². The lowest BCUT2D eigenvalue weighted by molar-refractivity contribution is 0.521. The molecule has 0 amide bonds. The maximum Gasteiger partial charge on any atom is 0.134 e. The highest BCUT2D eigenvalue weighted by Crippen LogP contribution is 2.46. The van der Waals surface area contributed by atoms with Gasteiger partial charge in [0.15, 0.2) is 0 Å². The summed E-state index contributed by atoms with van der Waals surface area (Å²) in [5.41, 5.74) is 11.0. The molecule has 9 rings (SSSR count). The molecule has 0 spiro atoms. The first-order valence-electron chi connectivity index (χ1n) is 15.0. The van der Waals surface area contributed by atoms with Crippen LogP contribution < -0.4 is 0 Å². The minimum atomic E-state index is 0.396. The number of hydrogen-bond donors (Lipinski definition) is 0. The van der Waals surface area contributed by atoms with Crippen molar-refractivity contribution in [1.82, 2.24) is 0 Å². The van der Waals surface area contributed by atoms with Gasteiger partial charge >= 0.3 is 0 Å². The molecule has 2 aliphatic rings. The summed E-state index contributed by atoms with van der Waals surface area (Å²) in [6, 6.07) is 44.1. The maximum absolute atomic E-state index is 6.46. The molecule has 0 bridgehead atoms. The van der Waals surface area contributed by atoms with Crippen LogP contribution in [0.15, 0.2) is 156 Å². The number of furan rings is 1. The normalized spacial score (nSPS) is 15.5. The highest BCUT2D eigenvalue weighted by molar-refractivity contribution is 6.22. The first-order valence-corrected chi connectivity index (χ1v) is 15.0. The topological polar surface area (TPSA) is 13.1 Å². The van der Waals surface area contributed by atoms with Crippen LogP contribution in [0.2, 0.25) is 0 Å². The van der Waals surface area contributed by atoms with Crippen molar-refractivity contribution in [3.05, 3.63) is 163 Å². The van der Waals surface area contributed by atoms with Crippen molar-refractivity contribution in [3.63, 3.8) is 0 Å². The molecule has 1 heteroatoms. The standard InChI is InChI=1S/C42H28O/c1-3-11-27(12-4-1)31-19-21-35-38(24-31)42(34-18-10-9-17-33(34)41(35)28-13-5-2-6-14-28)32-20-22-39-36(25-32)37-23-29-15-7-8-16-30(29)26-40(37)43-39/h1-25,30H,26H2.